The third kappa shape index (κ3) is 3.75. The molecule has 26 heavy (non-hydrogen) atoms. The second-order valence-electron chi connectivity index (χ2n) is 6.16. The Bertz CT molecular complexity index is 751. The molecule has 138 valence electrons. The number of benzene rings is 1. The summed E-state index contributed by atoms with van der Waals surface area (Å²) in [5.74, 6) is -0.501. The minimum absolute atomic E-state index is 0.0529. The largest absolute Gasteiger partial charge is 0.468 e. The summed E-state index contributed by atoms with van der Waals surface area (Å²) in [6, 6.07) is 7.02. The van der Waals surface area contributed by atoms with Gasteiger partial charge in [-0.3, -0.25) is 24.1 Å². The Hall–Kier alpha value is -2.35. The predicted molar refractivity (Wildman–Crippen MR) is 95.6 cm³/mol. The highest BCUT2D eigenvalue weighted by Crippen LogP contribution is 2.22. The zero-order valence-electron chi connectivity index (χ0n) is 14.5. The molecule has 1 aromatic rings. The SMILES string of the molecule is COC(=O)[C@H]1CN(C(=O)CCN2C(=O)Cc3ccccc3C2=O)CCS1. The maximum Gasteiger partial charge on any atom is 0.320 e. The molecule has 2 heterocycles. The van der Waals surface area contributed by atoms with E-state index in [-0.39, 0.29) is 48.3 Å². The lowest BCUT2D eigenvalue weighted by atomic mass is 9.98. The van der Waals surface area contributed by atoms with E-state index in [4.69, 9.17) is 4.74 Å². The monoisotopic (exact) mass is 376 g/mol. The fourth-order valence-corrected chi connectivity index (χ4v) is 4.27. The standard InChI is InChI=1S/C18H20N2O5S/c1-25-18(24)14-11-19(8-9-26-14)15(21)6-7-20-16(22)10-12-4-2-3-5-13(12)17(20)23/h2-5,14H,6-11H2,1H3/t14-/m1/s1. The van der Waals surface area contributed by atoms with Crippen LogP contribution in [0.5, 0.6) is 0 Å². The Morgan fingerprint density at radius 1 is 1.27 bits per heavy atom. The molecule has 0 aromatic heterocycles. The summed E-state index contributed by atoms with van der Waals surface area (Å²) in [6.07, 6.45) is 0.221. The van der Waals surface area contributed by atoms with Crippen LogP contribution in [0.2, 0.25) is 0 Å². The molecule has 7 nitrogen and oxygen atoms in total. The van der Waals surface area contributed by atoms with Gasteiger partial charge in [-0.15, -0.1) is 11.8 Å². The first-order valence-electron chi connectivity index (χ1n) is 8.41. The topological polar surface area (TPSA) is 84.0 Å². The van der Waals surface area contributed by atoms with Crippen molar-refractivity contribution < 1.29 is 23.9 Å². The average Bonchev–Trinajstić information content (AvgIpc) is 2.67. The summed E-state index contributed by atoms with van der Waals surface area (Å²) in [4.78, 5) is 51.7. The van der Waals surface area contributed by atoms with E-state index in [1.807, 2.05) is 0 Å². The number of hydrogen-bond donors (Lipinski definition) is 0. The lowest BCUT2D eigenvalue weighted by molar-refractivity contribution is -0.141. The summed E-state index contributed by atoms with van der Waals surface area (Å²) in [5.41, 5.74) is 1.23. The molecule has 0 radical (unpaired) electrons. The molecule has 0 spiro atoms. The van der Waals surface area contributed by atoms with E-state index in [0.717, 1.165) is 10.5 Å². The molecule has 0 unspecified atom stereocenters. The minimum atomic E-state index is -0.386. The third-order valence-corrected chi connectivity index (χ3v) is 5.73. The Labute approximate surface area is 155 Å². The zero-order chi connectivity index (χ0) is 18.7. The quantitative estimate of drug-likeness (QED) is 0.569. The van der Waals surface area contributed by atoms with Crippen LogP contribution in [0.25, 0.3) is 0 Å². The molecular formula is C18H20N2O5S. The lowest BCUT2D eigenvalue weighted by Crippen LogP contribution is -2.47. The summed E-state index contributed by atoms with van der Waals surface area (Å²) in [6.45, 7) is 0.889. The number of rotatable bonds is 4. The molecule has 3 rings (SSSR count). The molecule has 8 heteroatoms. The molecule has 1 fully saturated rings. The Balaban J connectivity index is 1.60. The van der Waals surface area contributed by atoms with Crippen LogP contribution in [-0.4, -0.2) is 71.2 Å². The number of nitrogens with zero attached hydrogens (tertiary/aromatic N) is 2. The van der Waals surface area contributed by atoms with Crippen molar-refractivity contribution in [2.24, 2.45) is 0 Å². The molecule has 0 bridgehead atoms. The summed E-state index contributed by atoms with van der Waals surface area (Å²) in [7, 11) is 1.33. The normalized spacial score (nSPS) is 20.0. The Kier molecular flexibility index (Phi) is 5.61. The van der Waals surface area contributed by atoms with Crippen molar-refractivity contribution >= 4 is 35.5 Å². The van der Waals surface area contributed by atoms with E-state index in [2.05, 4.69) is 0 Å². The van der Waals surface area contributed by atoms with Crippen molar-refractivity contribution in [1.82, 2.24) is 9.80 Å². The minimum Gasteiger partial charge on any atom is -0.468 e. The first kappa shape index (κ1) is 18.4. The van der Waals surface area contributed by atoms with Crippen molar-refractivity contribution in [1.29, 1.82) is 0 Å². The van der Waals surface area contributed by atoms with Gasteiger partial charge in [-0.1, -0.05) is 18.2 Å². The summed E-state index contributed by atoms with van der Waals surface area (Å²) < 4.78 is 4.74. The van der Waals surface area contributed by atoms with Gasteiger partial charge in [0.05, 0.1) is 13.5 Å². The van der Waals surface area contributed by atoms with E-state index in [1.165, 1.54) is 18.9 Å². The van der Waals surface area contributed by atoms with Gasteiger partial charge >= 0.3 is 5.97 Å². The second-order valence-corrected chi connectivity index (χ2v) is 7.47. The van der Waals surface area contributed by atoms with Crippen molar-refractivity contribution in [3.8, 4) is 0 Å². The lowest BCUT2D eigenvalue weighted by Gasteiger charge is -2.32. The average molecular weight is 376 g/mol. The second kappa shape index (κ2) is 7.90. The van der Waals surface area contributed by atoms with E-state index < -0.39 is 0 Å². The highest BCUT2D eigenvalue weighted by molar-refractivity contribution is 8.00. The van der Waals surface area contributed by atoms with Gasteiger partial charge in [0.15, 0.2) is 0 Å². The van der Waals surface area contributed by atoms with Gasteiger partial charge < -0.3 is 9.64 Å². The summed E-state index contributed by atoms with van der Waals surface area (Å²) in [5, 5.41) is -0.386. The van der Waals surface area contributed by atoms with Crippen LogP contribution in [0.3, 0.4) is 0 Å². The van der Waals surface area contributed by atoms with Crippen molar-refractivity contribution in [3.05, 3.63) is 35.4 Å². The fraction of sp³-hybridized carbons (Fsp3) is 0.444. The van der Waals surface area contributed by atoms with E-state index in [1.54, 1.807) is 29.2 Å². The molecule has 1 aromatic carbocycles. The number of carbonyl (C=O) groups excluding carboxylic acids is 4. The number of amides is 3. The number of hydrogen-bond acceptors (Lipinski definition) is 6. The molecule has 0 N–H and O–H groups in total. The van der Waals surface area contributed by atoms with E-state index in [0.29, 0.717) is 24.4 Å². The number of carbonyl (C=O) groups is 4. The maximum atomic E-state index is 12.5. The van der Waals surface area contributed by atoms with Crippen molar-refractivity contribution in [2.45, 2.75) is 18.1 Å². The van der Waals surface area contributed by atoms with Gasteiger partial charge in [0.25, 0.3) is 5.91 Å². The first-order chi connectivity index (χ1) is 12.5. The van der Waals surface area contributed by atoms with Gasteiger partial charge in [0.2, 0.25) is 11.8 Å². The highest BCUT2D eigenvalue weighted by Gasteiger charge is 2.33. The number of thioether (sulfide) groups is 1. The maximum absolute atomic E-state index is 12.5. The van der Waals surface area contributed by atoms with Gasteiger partial charge in [-0.05, 0) is 11.6 Å². The molecule has 1 atom stereocenters. The number of methoxy groups -OCH3 is 1. The van der Waals surface area contributed by atoms with Gasteiger partial charge in [-0.25, -0.2) is 0 Å². The van der Waals surface area contributed by atoms with Gasteiger partial charge in [-0.2, -0.15) is 0 Å². The molecule has 0 saturated carbocycles. The van der Waals surface area contributed by atoms with E-state index in [9.17, 15) is 19.2 Å². The number of ether oxygens (including phenoxy) is 1. The fourth-order valence-electron chi connectivity index (χ4n) is 3.14. The van der Waals surface area contributed by atoms with Crippen LogP contribution in [0.15, 0.2) is 24.3 Å². The first-order valence-corrected chi connectivity index (χ1v) is 9.46. The van der Waals surface area contributed by atoms with Crippen LogP contribution in [0, 0.1) is 0 Å². The van der Waals surface area contributed by atoms with E-state index >= 15 is 0 Å². The van der Waals surface area contributed by atoms with Gasteiger partial charge in [0.1, 0.15) is 5.25 Å². The molecule has 2 aliphatic heterocycles. The molecule has 2 aliphatic rings. The van der Waals surface area contributed by atoms with Crippen LogP contribution in [-0.2, 0) is 25.5 Å². The number of esters is 1. The molecule has 3 amide bonds. The number of fused-ring (bicyclic) bond motifs is 1. The highest BCUT2D eigenvalue weighted by atomic mass is 32.2. The van der Waals surface area contributed by atoms with Crippen LogP contribution in [0.4, 0.5) is 0 Å². The van der Waals surface area contributed by atoms with Crippen LogP contribution < -0.4 is 0 Å². The van der Waals surface area contributed by atoms with Crippen LogP contribution in [0.1, 0.15) is 22.3 Å². The molecular weight excluding hydrogens is 356 g/mol. The third-order valence-electron chi connectivity index (χ3n) is 4.57. The smallest absolute Gasteiger partial charge is 0.320 e. The van der Waals surface area contributed by atoms with Crippen molar-refractivity contribution in [2.75, 3.05) is 32.5 Å². The Morgan fingerprint density at radius 3 is 2.81 bits per heavy atom. The predicted octanol–water partition coefficient (Wildman–Crippen LogP) is 0.719. The molecule has 1 saturated heterocycles. The zero-order valence-corrected chi connectivity index (χ0v) is 15.3. The summed E-state index contributed by atoms with van der Waals surface area (Å²) >= 11 is 1.47. The van der Waals surface area contributed by atoms with Gasteiger partial charge in [0, 0.05) is 37.4 Å². The Morgan fingerprint density at radius 2 is 2.04 bits per heavy atom. The van der Waals surface area contributed by atoms with Crippen molar-refractivity contribution in [3.63, 3.8) is 0 Å². The molecule has 0 aliphatic carbocycles. The van der Waals surface area contributed by atoms with Crippen LogP contribution >= 0.6 is 11.8 Å². The number of imide groups is 1.